The Kier molecular flexibility index (Phi) is 9.36. The fraction of sp³-hybridized carbons (Fsp3) is 0.684. The minimum atomic E-state index is 0.781. The molecule has 2 heteroatoms. The molecule has 1 unspecified atom stereocenters. The van der Waals surface area contributed by atoms with Crippen LogP contribution in [0.25, 0.3) is 0 Å². The fourth-order valence-corrected chi connectivity index (χ4v) is 2.60. The van der Waals surface area contributed by atoms with Gasteiger partial charge in [0.1, 0.15) is 0 Å². The topological polar surface area (TPSA) is 15.3 Å². The van der Waals surface area contributed by atoms with Crippen molar-refractivity contribution in [2.45, 2.75) is 53.5 Å². The Morgan fingerprint density at radius 1 is 1.05 bits per heavy atom. The van der Waals surface area contributed by atoms with E-state index in [1.54, 1.807) is 0 Å². The van der Waals surface area contributed by atoms with Gasteiger partial charge in [0, 0.05) is 13.1 Å². The van der Waals surface area contributed by atoms with Crippen LogP contribution in [-0.4, -0.2) is 31.1 Å². The van der Waals surface area contributed by atoms with Gasteiger partial charge in [-0.3, -0.25) is 4.90 Å². The molecule has 0 amide bonds. The van der Waals surface area contributed by atoms with E-state index in [1.165, 1.54) is 30.5 Å². The quantitative estimate of drug-likeness (QED) is 0.617. The van der Waals surface area contributed by atoms with E-state index in [0.717, 1.165) is 38.5 Å². The number of rotatable bonds is 11. The lowest BCUT2D eigenvalue weighted by molar-refractivity contribution is 0.237. The Bertz CT molecular complexity index is 376. The molecule has 2 nitrogen and oxygen atoms in total. The number of hydrogen-bond acceptors (Lipinski definition) is 2. The third-order valence-corrected chi connectivity index (χ3v) is 4.22. The summed E-state index contributed by atoms with van der Waals surface area (Å²) in [6.45, 7) is 14.8. The highest BCUT2D eigenvalue weighted by atomic mass is 15.1. The molecule has 0 radical (unpaired) electrons. The van der Waals surface area contributed by atoms with Crippen molar-refractivity contribution in [3.63, 3.8) is 0 Å². The number of nitrogens with one attached hydrogen (secondary N) is 1. The number of benzene rings is 1. The second kappa shape index (κ2) is 10.8. The van der Waals surface area contributed by atoms with Gasteiger partial charge >= 0.3 is 0 Å². The maximum absolute atomic E-state index is 3.51. The highest BCUT2D eigenvalue weighted by molar-refractivity contribution is 5.27. The van der Waals surface area contributed by atoms with Gasteiger partial charge in [0.2, 0.25) is 0 Å². The molecule has 0 saturated heterocycles. The molecule has 0 aliphatic heterocycles. The van der Waals surface area contributed by atoms with Crippen molar-refractivity contribution in [3.8, 4) is 0 Å². The van der Waals surface area contributed by atoms with Crippen molar-refractivity contribution in [1.29, 1.82) is 0 Å². The fourth-order valence-electron chi connectivity index (χ4n) is 2.60. The van der Waals surface area contributed by atoms with E-state index in [2.05, 4.69) is 62.2 Å². The van der Waals surface area contributed by atoms with Crippen LogP contribution in [0.15, 0.2) is 24.3 Å². The van der Waals surface area contributed by atoms with Gasteiger partial charge in [-0.15, -0.1) is 0 Å². The average molecular weight is 290 g/mol. The van der Waals surface area contributed by atoms with E-state index in [-0.39, 0.29) is 0 Å². The van der Waals surface area contributed by atoms with Gasteiger partial charge in [0.25, 0.3) is 0 Å². The molecule has 0 aliphatic rings. The van der Waals surface area contributed by atoms with E-state index in [4.69, 9.17) is 0 Å². The molecule has 1 aromatic rings. The van der Waals surface area contributed by atoms with Gasteiger partial charge < -0.3 is 5.32 Å². The van der Waals surface area contributed by atoms with Crippen molar-refractivity contribution in [2.24, 2.45) is 5.92 Å². The Hall–Kier alpha value is -0.860. The van der Waals surface area contributed by atoms with Crippen molar-refractivity contribution in [3.05, 3.63) is 35.4 Å². The van der Waals surface area contributed by atoms with Crippen LogP contribution in [0.1, 0.15) is 51.7 Å². The zero-order valence-electron chi connectivity index (χ0n) is 14.5. The second-order valence-corrected chi connectivity index (χ2v) is 6.11. The van der Waals surface area contributed by atoms with Crippen LogP contribution in [0.2, 0.25) is 0 Å². The highest BCUT2D eigenvalue weighted by Crippen LogP contribution is 2.14. The Morgan fingerprint density at radius 3 is 2.38 bits per heavy atom. The van der Waals surface area contributed by atoms with Crippen molar-refractivity contribution < 1.29 is 0 Å². The van der Waals surface area contributed by atoms with E-state index >= 15 is 0 Å². The summed E-state index contributed by atoms with van der Waals surface area (Å²) in [5, 5.41) is 3.51. The van der Waals surface area contributed by atoms with E-state index < -0.39 is 0 Å². The van der Waals surface area contributed by atoms with Gasteiger partial charge in [-0.1, -0.05) is 58.4 Å². The molecule has 1 aromatic carbocycles. The molecule has 1 atom stereocenters. The van der Waals surface area contributed by atoms with Crippen LogP contribution in [-0.2, 0) is 13.0 Å². The molecule has 120 valence electrons. The molecule has 0 aliphatic carbocycles. The van der Waals surface area contributed by atoms with Gasteiger partial charge in [0.05, 0.1) is 0 Å². The molecule has 21 heavy (non-hydrogen) atoms. The first-order valence-electron chi connectivity index (χ1n) is 8.71. The lowest BCUT2D eigenvalue weighted by atomic mass is 10.0. The zero-order chi connectivity index (χ0) is 15.5. The molecule has 1 N–H and O–H groups in total. The van der Waals surface area contributed by atoms with Crippen LogP contribution in [0, 0.1) is 5.92 Å². The predicted octanol–water partition coefficient (Wildman–Crippen LogP) is 4.10. The van der Waals surface area contributed by atoms with Crippen molar-refractivity contribution >= 4 is 0 Å². The second-order valence-electron chi connectivity index (χ2n) is 6.11. The van der Waals surface area contributed by atoms with Crippen LogP contribution in [0.5, 0.6) is 0 Å². The van der Waals surface area contributed by atoms with E-state index in [1.807, 2.05) is 0 Å². The maximum Gasteiger partial charge on any atom is 0.0236 e. The Balaban J connectivity index is 2.59. The van der Waals surface area contributed by atoms with Gasteiger partial charge in [-0.2, -0.15) is 0 Å². The number of hydrogen-bond donors (Lipinski definition) is 1. The SMILES string of the molecule is CCCNCCc1ccccc1CN(CC)CC(C)CC. The molecule has 0 bridgehead atoms. The Morgan fingerprint density at radius 2 is 1.76 bits per heavy atom. The lowest BCUT2D eigenvalue weighted by Crippen LogP contribution is -2.28. The van der Waals surface area contributed by atoms with E-state index in [0.29, 0.717) is 0 Å². The minimum absolute atomic E-state index is 0.781. The summed E-state index contributed by atoms with van der Waals surface area (Å²) >= 11 is 0. The van der Waals surface area contributed by atoms with Crippen LogP contribution in [0.4, 0.5) is 0 Å². The van der Waals surface area contributed by atoms with Gasteiger partial charge in [-0.25, -0.2) is 0 Å². The first-order valence-corrected chi connectivity index (χ1v) is 8.71. The summed E-state index contributed by atoms with van der Waals surface area (Å²) in [5.74, 6) is 0.781. The van der Waals surface area contributed by atoms with Crippen molar-refractivity contribution in [2.75, 3.05) is 26.2 Å². The summed E-state index contributed by atoms with van der Waals surface area (Å²) in [4.78, 5) is 2.58. The standard InChI is InChI=1S/C19H34N2/c1-5-13-20-14-12-18-10-8-9-11-19(18)16-21(7-3)15-17(4)6-2/h8-11,17,20H,5-7,12-16H2,1-4H3. The summed E-state index contributed by atoms with van der Waals surface area (Å²) in [5.41, 5.74) is 3.00. The highest BCUT2D eigenvalue weighted by Gasteiger charge is 2.10. The minimum Gasteiger partial charge on any atom is -0.316 e. The molecular formula is C19H34N2. The summed E-state index contributed by atoms with van der Waals surface area (Å²) < 4.78 is 0. The van der Waals surface area contributed by atoms with Crippen LogP contribution < -0.4 is 5.32 Å². The predicted molar refractivity (Wildman–Crippen MR) is 93.7 cm³/mol. The van der Waals surface area contributed by atoms with Crippen LogP contribution >= 0.6 is 0 Å². The molecule has 0 aromatic heterocycles. The van der Waals surface area contributed by atoms with E-state index in [9.17, 15) is 0 Å². The van der Waals surface area contributed by atoms with Crippen LogP contribution in [0.3, 0.4) is 0 Å². The average Bonchev–Trinajstić information content (AvgIpc) is 2.52. The van der Waals surface area contributed by atoms with Crippen molar-refractivity contribution in [1.82, 2.24) is 10.2 Å². The monoisotopic (exact) mass is 290 g/mol. The third kappa shape index (κ3) is 7.10. The third-order valence-electron chi connectivity index (χ3n) is 4.22. The Labute approximate surface area is 131 Å². The zero-order valence-corrected chi connectivity index (χ0v) is 14.5. The molecular weight excluding hydrogens is 256 g/mol. The summed E-state index contributed by atoms with van der Waals surface area (Å²) in [6.07, 6.45) is 3.61. The van der Waals surface area contributed by atoms with Gasteiger partial charge in [0.15, 0.2) is 0 Å². The summed E-state index contributed by atoms with van der Waals surface area (Å²) in [6, 6.07) is 8.94. The molecule has 1 rings (SSSR count). The normalized spacial score (nSPS) is 12.8. The molecule has 0 spiro atoms. The molecule has 0 saturated carbocycles. The molecule has 0 fully saturated rings. The first-order chi connectivity index (χ1) is 10.2. The lowest BCUT2D eigenvalue weighted by Gasteiger charge is -2.25. The maximum atomic E-state index is 3.51. The summed E-state index contributed by atoms with van der Waals surface area (Å²) in [7, 11) is 0. The first kappa shape index (κ1) is 18.2. The van der Waals surface area contributed by atoms with Gasteiger partial charge in [-0.05, 0) is 49.5 Å². The molecule has 0 heterocycles. The smallest absolute Gasteiger partial charge is 0.0236 e. The largest absolute Gasteiger partial charge is 0.316 e. The number of nitrogens with zero attached hydrogens (tertiary/aromatic N) is 1.